The van der Waals surface area contributed by atoms with Gasteiger partial charge < -0.3 is 19.5 Å². The van der Waals surface area contributed by atoms with Crippen LogP contribution in [-0.4, -0.2) is 68.2 Å². The van der Waals surface area contributed by atoms with Gasteiger partial charge in [0.2, 0.25) is 0 Å². The molecule has 1 aromatic rings. The van der Waals surface area contributed by atoms with Gasteiger partial charge in [0.15, 0.2) is 0 Å². The molecule has 0 spiro atoms. The Morgan fingerprint density at radius 2 is 2.17 bits per heavy atom. The number of rotatable bonds is 13. The summed E-state index contributed by atoms with van der Waals surface area (Å²) in [5.74, 6) is -0.123. The third-order valence-electron chi connectivity index (χ3n) is 3.67. The number of hydrogen-bond acceptors (Lipinski definition) is 6. The summed E-state index contributed by atoms with van der Waals surface area (Å²) >= 11 is 0. The molecular weight excluding hydrogens is 307 g/mol. The molecule has 1 N–H and O–H groups in total. The highest BCUT2D eigenvalue weighted by Gasteiger charge is 2.09. The lowest BCUT2D eigenvalue weighted by Crippen LogP contribution is -2.37. The molecule has 0 atom stereocenters. The van der Waals surface area contributed by atoms with Crippen LogP contribution in [0.2, 0.25) is 0 Å². The van der Waals surface area contributed by atoms with Gasteiger partial charge in [0.1, 0.15) is 0 Å². The summed E-state index contributed by atoms with van der Waals surface area (Å²) in [6, 6.07) is 2.08. The molecule has 24 heavy (non-hydrogen) atoms. The summed E-state index contributed by atoms with van der Waals surface area (Å²) in [4.78, 5) is 13.8. The zero-order valence-electron chi connectivity index (χ0n) is 15.4. The topological polar surface area (TPSA) is 68.6 Å². The van der Waals surface area contributed by atoms with Gasteiger partial charge in [-0.1, -0.05) is 0 Å². The van der Waals surface area contributed by atoms with Crippen LogP contribution in [0.4, 0.5) is 0 Å². The SMILES string of the molecule is CCOC(=O)CCCN(CCN[B]OC)CCn1nc(C)cc1C. The van der Waals surface area contributed by atoms with E-state index < -0.39 is 0 Å². The average molecular weight is 337 g/mol. The fourth-order valence-electron chi connectivity index (χ4n) is 2.52. The van der Waals surface area contributed by atoms with Crippen LogP contribution in [0.3, 0.4) is 0 Å². The molecule has 135 valence electrons. The summed E-state index contributed by atoms with van der Waals surface area (Å²) in [6.45, 7) is 10.6. The molecule has 0 bridgehead atoms. The van der Waals surface area contributed by atoms with Crippen LogP contribution < -0.4 is 5.23 Å². The third-order valence-corrected chi connectivity index (χ3v) is 3.67. The molecule has 0 saturated carbocycles. The molecule has 1 rings (SSSR count). The minimum atomic E-state index is -0.123. The number of nitrogens with one attached hydrogen (secondary N) is 1. The van der Waals surface area contributed by atoms with Gasteiger partial charge in [0.05, 0.1) is 18.8 Å². The van der Waals surface area contributed by atoms with Crippen molar-refractivity contribution in [2.24, 2.45) is 0 Å². The lowest BCUT2D eigenvalue weighted by atomic mass is 10.2. The van der Waals surface area contributed by atoms with Crippen LogP contribution in [0.15, 0.2) is 6.07 Å². The van der Waals surface area contributed by atoms with Gasteiger partial charge in [-0.15, -0.1) is 0 Å². The van der Waals surface area contributed by atoms with Crippen LogP contribution in [0, 0.1) is 13.8 Å². The minimum Gasteiger partial charge on any atom is -0.466 e. The van der Waals surface area contributed by atoms with E-state index in [9.17, 15) is 4.79 Å². The van der Waals surface area contributed by atoms with Gasteiger partial charge in [0.25, 0.3) is 0 Å². The third kappa shape index (κ3) is 8.47. The van der Waals surface area contributed by atoms with Gasteiger partial charge in [-0.2, -0.15) is 5.10 Å². The zero-order valence-corrected chi connectivity index (χ0v) is 15.4. The molecule has 0 fully saturated rings. The highest BCUT2D eigenvalue weighted by Crippen LogP contribution is 2.03. The van der Waals surface area contributed by atoms with Gasteiger partial charge in [-0.25, -0.2) is 0 Å². The van der Waals surface area contributed by atoms with Crippen LogP contribution in [0.1, 0.15) is 31.2 Å². The quantitative estimate of drug-likeness (QED) is 0.328. The van der Waals surface area contributed by atoms with Crippen molar-refractivity contribution in [1.82, 2.24) is 19.9 Å². The van der Waals surface area contributed by atoms with Crippen molar-refractivity contribution in [2.75, 3.05) is 39.9 Å². The first-order valence-corrected chi connectivity index (χ1v) is 8.53. The van der Waals surface area contributed by atoms with Crippen molar-refractivity contribution in [3.63, 3.8) is 0 Å². The van der Waals surface area contributed by atoms with Crippen LogP contribution in [0.25, 0.3) is 0 Å². The maximum Gasteiger partial charge on any atom is 0.395 e. The molecule has 1 radical (unpaired) electrons. The predicted molar refractivity (Wildman–Crippen MR) is 94.8 cm³/mol. The van der Waals surface area contributed by atoms with E-state index in [1.807, 2.05) is 18.5 Å². The largest absolute Gasteiger partial charge is 0.466 e. The number of aryl methyl sites for hydroxylation is 2. The first-order chi connectivity index (χ1) is 11.6. The normalized spacial score (nSPS) is 11.0. The molecule has 7 nitrogen and oxygen atoms in total. The van der Waals surface area contributed by atoms with Crippen molar-refractivity contribution >= 4 is 13.6 Å². The van der Waals surface area contributed by atoms with Crippen LogP contribution in [-0.2, 0) is 20.7 Å². The Bertz CT molecular complexity index is 482. The number of esters is 1. The van der Waals surface area contributed by atoms with E-state index in [0.29, 0.717) is 13.0 Å². The molecule has 0 amide bonds. The van der Waals surface area contributed by atoms with E-state index >= 15 is 0 Å². The summed E-state index contributed by atoms with van der Waals surface area (Å²) in [6.07, 6.45) is 1.26. The average Bonchev–Trinajstić information content (AvgIpc) is 2.86. The smallest absolute Gasteiger partial charge is 0.395 e. The molecular formula is C16H30BN4O3. The molecule has 0 saturated heterocycles. The maximum atomic E-state index is 11.5. The Balaban J connectivity index is 2.41. The molecule has 0 aromatic carbocycles. The Labute approximate surface area is 146 Å². The Kier molecular flexibility index (Phi) is 10.4. The number of carbonyl (C=O) groups is 1. The number of ether oxygens (including phenoxy) is 1. The van der Waals surface area contributed by atoms with Gasteiger partial charge >= 0.3 is 13.6 Å². The van der Waals surface area contributed by atoms with Crippen molar-refractivity contribution in [3.05, 3.63) is 17.5 Å². The molecule has 1 aromatic heterocycles. The summed E-state index contributed by atoms with van der Waals surface area (Å²) < 4.78 is 11.9. The molecule has 0 unspecified atom stereocenters. The van der Waals surface area contributed by atoms with Crippen molar-refractivity contribution < 1.29 is 14.2 Å². The molecule has 8 heteroatoms. The monoisotopic (exact) mass is 337 g/mol. The number of carbonyl (C=O) groups excluding carboxylic acids is 1. The second-order valence-electron chi connectivity index (χ2n) is 5.71. The number of hydrogen-bond donors (Lipinski definition) is 1. The van der Waals surface area contributed by atoms with E-state index in [4.69, 9.17) is 9.39 Å². The second kappa shape index (κ2) is 12.1. The first kappa shape index (κ1) is 20.7. The van der Waals surface area contributed by atoms with Crippen LogP contribution in [0.5, 0.6) is 0 Å². The van der Waals surface area contributed by atoms with Gasteiger partial charge in [-0.05, 0) is 46.3 Å². The Morgan fingerprint density at radius 1 is 1.38 bits per heavy atom. The molecule has 0 aliphatic rings. The lowest BCUT2D eigenvalue weighted by Gasteiger charge is -2.22. The molecule has 0 aliphatic carbocycles. The van der Waals surface area contributed by atoms with Crippen molar-refractivity contribution in [1.29, 1.82) is 0 Å². The number of nitrogens with zero attached hydrogens (tertiary/aromatic N) is 3. The highest BCUT2D eigenvalue weighted by atomic mass is 16.5. The fraction of sp³-hybridized carbons (Fsp3) is 0.750. The summed E-state index contributed by atoms with van der Waals surface area (Å²) in [5.41, 5.74) is 2.21. The second-order valence-corrected chi connectivity index (χ2v) is 5.71. The van der Waals surface area contributed by atoms with Crippen molar-refractivity contribution in [2.45, 2.75) is 40.2 Å². The predicted octanol–water partition coefficient (Wildman–Crippen LogP) is 0.915. The van der Waals surface area contributed by atoms with Crippen LogP contribution >= 0.6 is 0 Å². The molecule has 1 heterocycles. The first-order valence-electron chi connectivity index (χ1n) is 8.53. The van der Waals surface area contributed by atoms with Gasteiger partial charge in [0, 0.05) is 32.3 Å². The van der Waals surface area contributed by atoms with Crippen molar-refractivity contribution in [3.8, 4) is 0 Å². The Morgan fingerprint density at radius 3 is 2.79 bits per heavy atom. The van der Waals surface area contributed by atoms with E-state index in [0.717, 1.165) is 44.8 Å². The molecule has 0 aliphatic heterocycles. The highest BCUT2D eigenvalue weighted by molar-refractivity contribution is 6.23. The Hall–Kier alpha value is -1.38. The van der Waals surface area contributed by atoms with E-state index in [1.165, 1.54) is 5.69 Å². The van der Waals surface area contributed by atoms with E-state index in [2.05, 4.69) is 28.2 Å². The summed E-state index contributed by atoms with van der Waals surface area (Å²) in [7, 11) is 3.20. The fourth-order valence-corrected chi connectivity index (χ4v) is 2.52. The maximum absolute atomic E-state index is 11.5. The zero-order chi connectivity index (χ0) is 17.8. The lowest BCUT2D eigenvalue weighted by molar-refractivity contribution is -0.143. The summed E-state index contributed by atoms with van der Waals surface area (Å²) in [5, 5.41) is 7.59. The minimum absolute atomic E-state index is 0.123. The standard InChI is InChI=1S/C16H30BN4O3/c1-5-24-16(22)7-6-9-20(10-8-18-17-23-4)11-12-21-15(3)13-14(2)19-21/h13,18H,5-12H2,1-4H3. The number of aromatic nitrogens is 2. The van der Waals surface area contributed by atoms with E-state index in [-0.39, 0.29) is 5.97 Å². The van der Waals surface area contributed by atoms with Gasteiger partial charge in [-0.3, -0.25) is 9.48 Å². The van der Waals surface area contributed by atoms with E-state index in [1.54, 1.807) is 14.7 Å².